The molecular weight excluding hydrogens is 661 g/mol. The van der Waals surface area contributed by atoms with E-state index >= 15 is 0 Å². The Morgan fingerprint density at radius 2 is 1.71 bits per heavy atom. The molecule has 5 rings (SSSR count). The molecule has 1 heterocycles. The third-order valence-electron chi connectivity index (χ3n) is 6.08. The average Bonchev–Trinajstić information content (AvgIpc) is 3.27. The summed E-state index contributed by atoms with van der Waals surface area (Å²) in [6.07, 6.45) is 1.83. The van der Waals surface area contributed by atoms with Gasteiger partial charge >= 0.3 is 0 Å². The molecule has 9 heteroatoms. The fraction of sp³-hybridized carbons (Fsp3) is 0.121. The van der Waals surface area contributed by atoms with Crippen molar-refractivity contribution in [2.45, 2.75) is 13.8 Å². The Morgan fingerprint density at radius 3 is 2.43 bits per heavy atom. The number of amidine groups is 1. The van der Waals surface area contributed by atoms with Crippen LogP contribution in [-0.2, 0) is 9.59 Å². The minimum atomic E-state index is -0.274. The van der Waals surface area contributed by atoms with Crippen LogP contribution >= 0.6 is 34.4 Å². The summed E-state index contributed by atoms with van der Waals surface area (Å²) < 4.78 is 12.6. The van der Waals surface area contributed by atoms with E-state index in [1.54, 1.807) is 4.90 Å². The van der Waals surface area contributed by atoms with Gasteiger partial charge < -0.3 is 14.8 Å². The van der Waals surface area contributed by atoms with Gasteiger partial charge in [-0.05, 0) is 114 Å². The van der Waals surface area contributed by atoms with E-state index in [4.69, 9.17) is 14.5 Å². The van der Waals surface area contributed by atoms with Crippen LogP contribution in [0.5, 0.6) is 11.5 Å². The van der Waals surface area contributed by atoms with Crippen molar-refractivity contribution in [1.82, 2.24) is 0 Å². The predicted octanol–water partition coefficient (Wildman–Crippen LogP) is 7.82. The highest BCUT2D eigenvalue weighted by Crippen LogP contribution is 2.39. The van der Waals surface area contributed by atoms with Crippen molar-refractivity contribution in [1.29, 1.82) is 0 Å². The molecule has 4 aromatic rings. The molecule has 0 aromatic heterocycles. The van der Waals surface area contributed by atoms with Crippen LogP contribution in [0.1, 0.15) is 18.1 Å². The fourth-order valence-electron chi connectivity index (χ4n) is 4.25. The number of anilines is 2. The second kappa shape index (κ2) is 13.7. The monoisotopic (exact) mass is 689 g/mol. The van der Waals surface area contributed by atoms with E-state index in [0.717, 1.165) is 26.1 Å². The highest BCUT2D eigenvalue weighted by molar-refractivity contribution is 14.1. The molecule has 2 amide bonds. The van der Waals surface area contributed by atoms with E-state index in [1.165, 1.54) is 11.8 Å². The number of rotatable bonds is 9. The number of amides is 2. The Morgan fingerprint density at radius 1 is 0.976 bits per heavy atom. The Kier molecular flexibility index (Phi) is 9.60. The Balaban J connectivity index is 1.40. The first-order valence-electron chi connectivity index (χ1n) is 13.3. The summed E-state index contributed by atoms with van der Waals surface area (Å²) in [5.41, 5.74) is 4.03. The summed E-state index contributed by atoms with van der Waals surface area (Å²) in [6, 6.07) is 30.3. The number of aliphatic imine (C=N–C) groups is 1. The molecule has 0 aliphatic carbocycles. The lowest BCUT2D eigenvalue weighted by atomic mass is 10.1. The van der Waals surface area contributed by atoms with Gasteiger partial charge in [-0.25, -0.2) is 4.99 Å². The van der Waals surface area contributed by atoms with Crippen LogP contribution in [-0.4, -0.2) is 30.2 Å². The number of carbonyl (C=O) groups excluding carboxylic acids is 2. The number of thioether (sulfide) groups is 1. The molecule has 1 aliphatic heterocycles. The van der Waals surface area contributed by atoms with E-state index in [-0.39, 0.29) is 18.4 Å². The van der Waals surface area contributed by atoms with Crippen LogP contribution in [0, 0.1) is 10.5 Å². The lowest BCUT2D eigenvalue weighted by molar-refractivity contribution is -0.118. The average molecular weight is 690 g/mol. The number of halogens is 1. The van der Waals surface area contributed by atoms with Gasteiger partial charge in [0.1, 0.15) is 0 Å². The van der Waals surface area contributed by atoms with Gasteiger partial charge in [0.25, 0.3) is 11.8 Å². The maximum absolute atomic E-state index is 13.7. The number of hydrogen-bond donors (Lipinski definition) is 1. The van der Waals surface area contributed by atoms with Crippen LogP contribution < -0.4 is 19.7 Å². The first-order chi connectivity index (χ1) is 20.4. The Labute approximate surface area is 262 Å². The van der Waals surface area contributed by atoms with Gasteiger partial charge in [-0.2, -0.15) is 0 Å². The molecule has 0 radical (unpaired) electrons. The minimum Gasteiger partial charge on any atom is -0.490 e. The summed E-state index contributed by atoms with van der Waals surface area (Å²) in [6.45, 7) is 4.08. The van der Waals surface area contributed by atoms with Crippen LogP contribution in [0.3, 0.4) is 0 Å². The van der Waals surface area contributed by atoms with Crippen LogP contribution in [0.4, 0.5) is 17.1 Å². The van der Waals surface area contributed by atoms with Gasteiger partial charge in [0, 0.05) is 5.69 Å². The van der Waals surface area contributed by atoms with Crippen molar-refractivity contribution in [3.05, 3.63) is 117 Å². The molecule has 1 saturated heterocycles. The predicted molar refractivity (Wildman–Crippen MR) is 179 cm³/mol. The standard InChI is InChI=1S/C33H28IN3O4S/c1-3-40-28-19-23(18-27(34)31(28)41-21-30(38)35-25-14-10-11-22(2)17-25)20-29-32(39)37(26-15-8-5-9-16-26)33(42-29)36-24-12-6-4-7-13-24/h4-20H,3,21H2,1-2H3,(H,35,38)/b29-20-,36-33?. The van der Waals surface area contributed by atoms with Crippen LogP contribution in [0.25, 0.3) is 6.08 Å². The highest BCUT2D eigenvalue weighted by Gasteiger charge is 2.34. The lowest BCUT2D eigenvalue weighted by Gasteiger charge is -2.15. The molecule has 4 aromatic carbocycles. The Bertz CT molecular complexity index is 1660. The van der Waals surface area contributed by atoms with E-state index in [9.17, 15) is 9.59 Å². The fourth-order valence-corrected chi connectivity index (χ4v) is 6.03. The zero-order chi connectivity index (χ0) is 29.5. The van der Waals surface area contributed by atoms with Crippen molar-refractivity contribution in [3.63, 3.8) is 0 Å². The summed E-state index contributed by atoms with van der Waals surface area (Å²) in [5.74, 6) is 0.529. The second-order valence-electron chi connectivity index (χ2n) is 9.29. The summed E-state index contributed by atoms with van der Waals surface area (Å²) in [5, 5.41) is 3.43. The third kappa shape index (κ3) is 7.21. The zero-order valence-electron chi connectivity index (χ0n) is 23.0. The third-order valence-corrected chi connectivity index (χ3v) is 7.85. The van der Waals surface area contributed by atoms with Gasteiger partial charge in [-0.15, -0.1) is 0 Å². The van der Waals surface area contributed by atoms with E-state index < -0.39 is 0 Å². The normalized spacial score (nSPS) is 14.8. The largest absolute Gasteiger partial charge is 0.490 e. The topological polar surface area (TPSA) is 80.2 Å². The first-order valence-corrected chi connectivity index (χ1v) is 15.2. The van der Waals surface area contributed by atoms with E-state index in [0.29, 0.717) is 33.9 Å². The van der Waals surface area contributed by atoms with Crippen molar-refractivity contribution in [2.75, 3.05) is 23.4 Å². The smallest absolute Gasteiger partial charge is 0.271 e. The SMILES string of the molecule is CCOc1cc(/C=C2\SC(=Nc3ccccc3)N(c3ccccc3)C2=O)cc(I)c1OCC(=O)Nc1cccc(C)c1. The van der Waals surface area contributed by atoms with Crippen LogP contribution in [0.2, 0.25) is 0 Å². The molecule has 1 fully saturated rings. The van der Waals surface area contributed by atoms with Gasteiger partial charge in [0.05, 0.1) is 26.5 Å². The number of carbonyl (C=O) groups is 2. The highest BCUT2D eigenvalue weighted by atomic mass is 127. The quantitative estimate of drug-likeness (QED) is 0.143. The second-order valence-corrected chi connectivity index (χ2v) is 11.5. The van der Waals surface area contributed by atoms with Crippen LogP contribution in [0.15, 0.2) is 107 Å². The molecule has 42 heavy (non-hydrogen) atoms. The molecule has 0 spiro atoms. The summed E-state index contributed by atoms with van der Waals surface area (Å²) in [7, 11) is 0. The van der Waals surface area contributed by atoms with E-state index in [1.807, 2.05) is 117 Å². The van der Waals surface area contributed by atoms with E-state index in [2.05, 4.69) is 27.9 Å². The van der Waals surface area contributed by atoms with Crippen molar-refractivity contribution < 1.29 is 19.1 Å². The number of para-hydroxylation sites is 2. The molecule has 212 valence electrons. The molecule has 0 unspecified atom stereocenters. The molecule has 0 atom stereocenters. The number of ether oxygens (including phenoxy) is 2. The number of hydrogen-bond acceptors (Lipinski definition) is 6. The maximum Gasteiger partial charge on any atom is 0.271 e. The van der Waals surface area contributed by atoms with Crippen molar-refractivity contribution >= 4 is 74.5 Å². The van der Waals surface area contributed by atoms with Crippen molar-refractivity contribution in [3.8, 4) is 11.5 Å². The molecular formula is C33H28IN3O4S. The molecule has 7 nitrogen and oxygen atoms in total. The zero-order valence-corrected chi connectivity index (χ0v) is 26.0. The number of benzene rings is 4. The summed E-state index contributed by atoms with van der Waals surface area (Å²) >= 11 is 3.48. The molecule has 1 aliphatic rings. The minimum absolute atomic E-state index is 0.165. The lowest BCUT2D eigenvalue weighted by Crippen LogP contribution is -2.28. The molecule has 1 N–H and O–H groups in total. The van der Waals surface area contributed by atoms with Crippen molar-refractivity contribution in [2.24, 2.45) is 4.99 Å². The maximum atomic E-state index is 13.7. The Hall–Kier alpha value is -4.09. The van der Waals surface area contributed by atoms with Gasteiger partial charge in [-0.1, -0.05) is 48.5 Å². The van der Waals surface area contributed by atoms with Gasteiger partial charge in [0.15, 0.2) is 23.3 Å². The van der Waals surface area contributed by atoms with Gasteiger partial charge in [-0.3, -0.25) is 14.5 Å². The summed E-state index contributed by atoms with van der Waals surface area (Å²) in [4.78, 5) is 33.2. The number of aryl methyl sites for hydroxylation is 1. The number of nitrogens with one attached hydrogen (secondary N) is 1. The van der Waals surface area contributed by atoms with Gasteiger partial charge in [0.2, 0.25) is 0 Å². The number of nitrogens with zero attached hydrogens (tertiary/aromatic N) is 2. The first kappa shape index (κ1) is 29.4. The molecule has 0 saturated carbocycles. The molecule has 0 bridgehead atoms.